The first-order chi connectivity index (χ1) is 8.34. The van der Waals surface area contributed by atoms with Gasteiger partial charge in [-0.05, 0) is 38.1 Å². The van der Waals surface area contributed by atoms with Crippen LogP contribution in [-0.4, -0.2) is 25.5 Å². The first kappa shape index (κ1) is 14.8. The fraction of sp³-hybridized carbons (Fsp3) is 0.364. The van der Waals surface area contributed by atoms with Gasteiger partial charge in [-0.3, -0.25) is 9.52 Å². The van der Waals surface area contributed by atoms with E-state index in [0.717, 1.165) is 0 Å². The molecule has 1 unspecified atom stereocenters. The van der Waals surface area contributed by atoms with Crippen LogP contribution in [0.4, 0.5) is 11.4 Å². The summed E-state index contributed by atoms with van der Waals surface area (Å²) in [5.74, 6) is -0.298. The van der Waals surface area contributed by atoms with E-state index in [1.54, 1.807) is 38.1 Å². The smallest absolute Gasteiger partial charge is 0.242 e. The highest BCUT2D eigenvalue weighted by molar-refractivity contribution is 7.92. The third kappa shape index (κ3) is 4.54. The molecular formula is C11H15ClN2O3S. The van der Waals surface area contributed by atoms with Gasteiger partial charge in [0.15, 0.2) is 0 Å². The molecule has 0 aromatic heterocycles. The minimum Gasteiger partial charge on any atom is -0.325 e. The topological polar surface area (TPSA) is 75.3 Å². The fourth-order valence-corrected chi connectivity index (χ4v) is 1.81. The van der Waals surface area contributed by atoms with Gasteiger partial charge in [0, 0.05) is 11.4 Å². The predicted molar refractivity (Wildman–Crippen MR) is 73.5 cm³/mol. The number of sulfonamides is 1. The molecule has 1 atom stereocenters. The first-order valence-corrected chi connectivity index (χ1v) is 7.48. The summed E-state index contributed by atoms with van der Waals surface area (Å²) in [5.41, 5.74) is 1.01. The predicted octanol–water partition coefficient (Wildman–Crippen LogP) is 2.01. The van der Waals surface area contributed by atoms with E-state index in [-0.39, 0.29) is 11.7 Å². The zero-order chi connectivity index (χ0) is 13.8. The Labute approximate surface area is 112 Å². The summed E-state index contributed by atoms with van der Waals surface area (Å²) in [7, 11) is -3.28. The molecule has 5 nitrogen and oxygen atoms in total. The average molecular weight is 291 g/mol. The Kier molecular flexibility index (Phi) is 4.98. The van der Waals surface area contributed by atoms with E-state index < -0.39 is 15.4 Å². The van der Waals surface area contributed by atoms with Crippen molar-refractivity contribution in [2.75, 3.05) is 15.8 Å². The second kappa shape index (κ2) is 6.06. The fourth-order valence-electron chi connectivity index (χ4n) is 1.12. The molecular weight excluding hydrogens is 276 g/mol. The standard InChI is InChI=1S/C11H15ClN2O3S/c1-3-18(16,17)14-10-6-4-9(5-7-10)13-11(15)8(2)12/h4-8,14H,3H2,1-2H3,(H,13,15). The molecule has 1 aromatic carbocycles. The number of anilines is 2. The Bertz CT molecular complexity index is 512. The van der Waals surface area contributed by atoms with Crippen LogP contribution in [0, 0.1) is 0 Å². The van der Waals surface area contributed by atoms with Gasteiger partial charge in [-0.2, -0.15) is 0 Å². The van der Waals surface area contributed by atoms with E-state index in [1.807, 2.05) is 0 Å². The second-order valence-corrected chi connectivity index (χ2v) is 6.35. The van der Waals surface area contributed by atoms with Crippen LogP contribution in [-0.2, 0) is 14.8 Å². The number of carbonyl (C=O) groups is 1. The molecule has 0 spiro atoms. The van der Waals surface area contributed by atoms with Crippen LogP contribution in [0.25, 0.3) is 0 Å². The number of alkyl halides is 1. The summed E-state index contributed by atoms with van der Waals surface area (Å²) in [6.07, 6.45) is 0. The monoisotopic (exact) mass is 290 g/mol. The van der Waals surface area contributed by atoms with Crippen molar-refractivity contribution < 1.29 is 13.2 Å². The molecule has 0 aliphatic rings. The number of benzene rings is 1. The highest BCUT2D eigenvalue weighted by Crippen LogP contribution is 2.15. The lowest BCUT2D eigenvalue weighted by Crippen LogP contribution is -2.20. The van der Waals surface area contributed by atoms with Crippen molar-refractivity contribution in [2.24, 2.45) is 0 Å². The lowest BCUT2D eigenvalue weighted by molar-refractivity contribution is -0.115. The number of nitrogens with one attached hydrogen (secondary N) is 2. The maximum Gasteiger partial charge on any atom is 0.242 e. The highest BCUT2D eigenvalue weighted by atomic mass is 35.5. The molecule has 0 radical (unpaired) electrons. The number of amides is 1. The Morgan fingerprint density at radius 2 is 1.78 bits per heavy atom. The Morgan fingerprint density at radius 3 is 2.22 bits per heavy atom. The van der Waals surface area contributed by atoms with Gasteiger partial charge in [-0.1, -0.05) is 0 Å². The van der Waals surface area contributed by atoms with Crippen molar-refractivity contribution in [1.82, 2.24) is 0 Å². The lowest BCUT2D eigenvalue weighted by atomic mass is 10.3. The van der Waals surface area contributed by atoms with Crippen LogP contribution in [0.5, 0.6) is 0 Å². The van der Waals surface area contributed by atoms with Gasteiger partial charge in [-0.25, -0.2) is 8.42 Å². The minimum atomic E-state index is -3.28. The number of hydrogen-bond acceptors (Lipinski definition) is 3. The van der Waals surface area contributed by atoms with Crippen molar-refractivity contribution in [3.05, 3.63) is 24.3 Å². The van der Waals surface area contributed by atoms with Gasteiger partial charge in [0.05, 0.1) is 5.75 Å². The normalized spacial score (nSPS) is 12.8. The maximum atomic E-state index is 11.3. The quantitative estimate of drug-likeness (QED) is 0.815. The van der Waals surface area contributed by atoms with Gasteiger partial charge in [0.2, 0.25) is 15.9 Å². The van der Waals surface area contributed by atoms with Crippen LogP contribution < -0.4 is 10.0 Å². The molecule has 1 amide bonds. The first-order valence-electron chi connectivity index (χ1n) is 5.39. The van der Waals surface area contributed by atoms with Crippen LogP contribution >= 0.6 is 11.6 Å². The summed E-state index contributed by atoms with van der Waals surface area (Å²) in [5, 5.41) is 1.98. The molecule has 18 heavy (non-hydrogen) atoms. The average Bonchev–Trinajstić information content (AvgIpc) is 2.31. The van der Waals surface area contributed by atoms with E-state index in [2.05, 4.69) is 10.0 Å². The van der Waals surface area contributed by atoms with Crippen molar-refractivity contribution in [3.8, 4) is 0 Å². The largest absolute Gasteiger partial charge is 0.325 e. The zero-order valence-electron chi connectivity index (χ0n) is 10.1. The summed E-state index contributed by atoms with van der Waals surface area (Å²) in [4.78, 5) is 11.3. The third-order valence-electron chi connectivity index (χ3n) is 2.17. The van der Waals surface area contributed by atoms with Crippen molar-refractivity contribution >= 4 is 38.9 Å². The van der Waals surface area contributed by atoms with Crippen LogP contribution in [0.1, 0.15) is 13.8 Å². The molecule has 1 aromatic rings. The molecule has 7 heteroatoms. The van der Waals surface area contributed by atoms with E-state index in [0.29, 0.717) is 11.4 Å². The number of hydrogen-bond donors (Lipinski definition) is 2. The van der Waals surface area contributed by atoms with Gasteiger partial charge in [-0.15, -0.1) is 11.6 Å². The molecule has 0 heterocycles. The summed E-state index contributed by atoms with van der Waals surface area (Å²) >= 11 is 5.61. The summed E-state index contributed by atoms with van der Waals surface area (Å²) in [6, 6.07) is 6.35. The van der Waals surface area contributed by atoms with Gasteiger partial charge in [0.1, 0.15) is 5.38 Å². The van der Waals surface area contributed by atoms with Gasteiger partial charge in [0.25, 0.3) is 0 Å². The molecule has 0 saturated heterocycles. The van der Waals surface area contributed by atoms with Crippen LogP contribution in [0.2, 0.25) is 0 Å². The Balaban J connectivity index is 2.72. The van der Waals surface area contributed by atoms with Crippen molar-refractivity contribution in [2.45, 2.75) is 19.2 Å². The maximum absolute atomic E-state index is 11.3. The third-order valence-corrected chi connectivity index (χ3v) is 3.67. The Hall–Kier alpha value is -1.27. The van der Waals surface area contributed by atoms with Crippen LogP contribution in [0.15, 0.2) is 24.3 Å². The van der Waals surface area contributed by atoms with Gasteiger partial charge >= 0.3 is 0 Å². The highest BCUT2D eigenvalue weighted by Gasteiger charge is 2.10. The summed E-state index contributed by atoms with van der Waals surface area (Å²) in [6.45, 7) is 3.12. The van der Waals surface area contributed by atoms with E-state index >= 15 is 0 Å². The molecule has 0 bridgehead atoms. The molecule has 0 fully saturated rings. The minimum absolute atomic E-state index is 0.00918. The zero-order valence-corrected chi connectivity index (χ0v) is 11.7. The second-order valence-electron chi connectivity index (χ2n) is 3.69. The molecule has 0 aliphatic heterocycles. The lowest BCUT2D eigenvalue weighted by Gasteiger charge is -2.09. The van der Waals surface area contributed by atoms with Crippen molar-refractivity contribution in [1.29, 1.82) is 0 Å². The van der Waals surface area contributed by atoms with E-state index in [4.69, 9.17) is 11.6 Å². The number of rotatable bonds is 5. The number of carbonyl (C=O) groups excluding carboxylic acids is 1. The van der Waals surface area contributed by atoms with Crippen LogP contribution in [0.3, 0.4) is 0 Å². The van der Waals surface area contributed by atoms with Gasteiger partial charge < -0.3 is 5.32 Å². The molecule has 2 N–H and O–H groups in total. The molecule has 0 aliphatic carbocycles. The summed E-state index contributed by atoms with van der Waals surface area (Å²) < 4.78 is 25.0. The molecule has 0 saturated carbocycles. The van der Waals surface area contributed by atoms with E-state index in [1.165, 1.54) is 0 Å². The molecule has 1 rings (SSSR count). The number of halogens is 1. The van der Waals surface area contributed by atoms with Crippen molar-refractivity contribution in [3.63, 3.8) is 0 Å². The molecule has 100 valence electrons. The Morgan fingerprint density at radius 1 is 1.28 bits per heavy atom. The van der Waals surface area contributed by atoms with E-state index in [9.17, 15) is 13.2 Å². The SMILES string of the molecule is CCS(=O)(=O)Nc1ccc(NC(=O)C(C)Cl)cc1.